The summed E-state index contributed by atoms with van der Waals surface area (Å²) in [6.07, 6.45) is 7.78. The van der Waals surface area contributed by atoms with Crippen LogP contribution in [0.4, 0.5) is 5.00 Å². The monoisotopic (exact) mass is 223 g/mol. The van der Waals surface area contributed by atoms with E-state index in [9.17, 15) is 0 Å². The zero-order chi connectivity index (χ0) is 10.5. The fourth-order valence-electron chi connectivity index (χ4n) is 1.88. The number of thiophene rings is 1. The molecule has 0 bridgehead atoms. The molecule has 3 heteroatoms. The molecule has 1 N–H and O–H groups in total. The molecule has 0 spiro atoms. The van der Waals surface area contributed by atoms with Crippen molar-refractivity contribution in [1.29, 1.82) is 0 Å². The molecule has 1 aliphatic rings. The second kappa shape index (κ2) is 5.33. The molecule has 1 aromatic rings. The molecule has 2 heterocycles. The standard InChI is InChI=1S/C12H17NOS/c14-10-4-5-11-6-7-12(15-11)13-8-2-1-3-9-13/h4-7,14H,1-3,8-10H2. The largest absolute Gasteiger partial charge is 0.392 e. The Balaban J connectivity index is 2.02. The second-order valence-corrected chi connectivity index (χ2v) is 4.90. The molecule has 0 aliphatic carbocycles. The van der Waals surface area contributed by atoms with Gasteiger partial charge in [0, 0.05) is 18.0 Å². The Morgan fingerprint density at radius 2 is 2.07 bits per heavy atom. The number of aliphatic hydroxyl groups is 1. The van der Waals surface area contributed by atoms with E-state index < -0.39 is 0 Å². The first kappa shape index (κ1) is 10.7. The summed E-state index contributed by atoms with van der Waals surface area (Å²) < 4.78 is 0. The molecule has 0 atom stereocenters. The molecule has 15 heavy (non-hydrogen) atoms. The minimum absolute atomic E-state index is 0.122. The average molecular weight is 223 g/mol. The molecular formula is C12H17NOS. The Kier molecular flexibility index (Phi) is 3.80. The van der Waals surface area contributed by atoms with Crippen molar-refractivity contribution in [2.45, 2.75) is 19.3 Å². The number of anilines is 1. The Labute approximate surface area is 94.8 Å². The van der Waals surface area contributed by atoms with Crippen LogP contribution in [0.1, 0.15) is 24.1 Å². The van der Waals surface area contributed by atoms with Crippen molar-refractivity contribution < 1.29 is 5.11 Å². The lowest BCUT2D eigenvalue weighted by atomic mass is 10.1. The van der Waals surface area contributed by atoms with Gasteiger partial charge in [-0.1, -0.05) is 6.08 Å². The SMILES string of the molecule is OCC=Cc1ccc(N2CCCCC2)s1. The van der Waals surface area contributed by atoms with Crippen LogP contribution in [0.15, 0.2) is 18.2 Å². The van der Waals surface area contributed by atoms with Gasteiger partial charge in [0.1, 0.15) is 0 Å². The summed E-state index contributed by atoms with van der Waals surface area (Å²) in [6, 6.07) is 4.31. The molecule has 0 radical (unpaired) electrons. The predicted molar refractivity (Wildman–Crippen MR) is 66.5 cm³/mol. The van der Waals surface area contributed by atoms with Crippen LogP contribution >= 0.6 is 11.3 Å². The summed E-state index contributed by atoms with van der Waals surface area (Å²) in [6.45, 7) is 2.52. The number of hydrogen-bond acceptors (Lipinski definition) is 3. The first-order valence-electron chi connectivity index (χ1n) is 5.52. The van der Waals surface area contributed by atoms with Crippen LogP contribution in [0.25, 0.3) is 6.08 Å². The molecule has 1 saturated heterocycles. The first-order chi connectivity index (χ1) is 7.40. The van der Waals surface area contributed by atoms with Crippen LogP contribution in [0.5, 0.6) is 0 Å². The van der Waals surface area contributed by atoms with Crippen LogP contribution in [0.3, 0.4) is 0 Å². The highest BCUT2D eigenvalue weighted by Crippen LogP contribution is 2.29. The van der Waals surface area contributed by atoms with Gasteiger partial charge in [0.25, 0.3) is 0 Å². The van der Waals surface area contributed by atoms with E-state index in [1.165, 1.54) is 42.2 Å². The van der Waals surface area contributed by atoms with Gasteiger partial charge in [0.05, 0.1) is 11.6 Å². The van der Waals surface area contributed by atoms with Crippen molar-refractivity contribution in [2.75, 3.05) is 24.6 Å². The van der Waals surface area contributed by atoms with Gasteiger partial charge in [-0.05, 0) is 37.5 Å². The topological polar surface area (TPSA) is 23.5 Å². The van der Waals surface area contributed by atoms with E-state index in [1.807, 2.05) is 17.4 Å². The highest BCUT2D eigenvalue weighted by atomic mass is 32.1. The van der Waals surface area contributed by atoms with Gasteiger partial charge in [-0.3, -0.25) is 0 Å². The molecule has 1 fully saturated rings. The van der Waals surface area contributed by atoms with E-state index in [2.05, 4.69) is 17.0 Å². The Morgan fingerprint density at radius 1 is 1.27 bits per heavy atom. The predicted octanol–water partition coefficient (Wildman–Crippen LogP) is 2.74. The van der Waals surface area contributed by atoms with Crippen LogP contribution in [-0.4, -0.2) is 24.8 Å². The Morgan fingerprint density at radius 3 is 2.80 bits per heavy atom. The van der Waals surface area contributed by atoms with Crippen molar-refractivity contribution in [3.8, 4) is 0 Å². The number of piperidine rings is 1. The van der Waals surface area contributed by atoms with Crippen LogP contribution < -0.4 is 4.90 Å². The van der Waals surface area contributed by atoms with Crippen LogP contribution in [0.2, 0.25) is 0 Å². The smallest absolute Gasteiger partial charge is 0.0914 e. The lowest BCUT2D eigenvalue weighted by molar-refractivity contribution is 0.343. The summed E-state index contributed by atoms with van der Waals surface area (Å²) >= 11 is 1.81. The van der Waals surface area contributed by atoms with Crippen molar-refractivity contribution in [1.82, 2.24) is 0 Å². The Bertz CT molecular complexity index is 326. The highest BCUT2D eigenvalue weighted by Gasteiger charge is 2.11. The summed E-state index contributed by atoms with van der Waals surface area (Å²) in [5, 5.41) is 10.1. The van der Waals surface area contributed by atoms with Gasteiger partial charge >= 0.3 is 0 Å². The van der Waals surface area contributed by atoms with Gasteiger partial charge in [-0.2, -0.15) is 0 Å². The summed E-state index contributed by atoms with van der Waals surface area (Å²) in [4.78, 5) is 3.69. The van der Waals surface area contributed by atoms with Gasteiger partial charge in [0.15, 0.2) is 0 Å². The third kappa shape index (κ3) is 2.83. The lowest BCUT2D eigenvalue weighted by Gasteiger charge is -2.27. The summed E-state index contributed by atoms with van der Waals surface area (Å²) in [5.41, 5.74) is 0. The minimum atomic E-state index is 0.122. The van der Waals surface area contributed by atoms with Gasteiger partial charge in [-0.15, -0.1) is 11.3 Å². The lowest BCUT2D eigenvalue weighted by Crippen LogP contribution is -2.28. The van der Waals surface area contributed by atoms with Crippen molar-refractivity contribution in [3.05, 3.63) is 23.1 Å². The van der Waals surface area contributed by atoms with Crippen molar-refractivity contribution in [3.63, 3.8) is 0 Å². The second-order valence-electron chi connectivity index (χ2n) is 3.81. The third-order valence-electron chi connectivity index (χ3n) is 2.67. The van der Waals surface area contributed by atoms with E-state index >= 15 is 0 Å². The third-order valence-corrected chi connectivity index (χ3v) is 3.78. The molecule has 82 valence electrons. The number of hydrogen-bond donors (Lipinski definition) is 1. The van der Waals surface area contributed by atoms with Crippen LogP contribution in [-0.2, 0) is 0 Å². The average Bonchev–Trinajstić information content (AvgIpc) is 2.76. The summed E-state index contributed by atoms with van der Waals surface area (Å²) in [5.74, 6) is 0. The van der Waals surface area contributed by atoms with Crippen molar-refractivity contribution >= 4 is 22.4 Å². The van der Waals surface area contributed by atoms with Crippen LogP contribution in [0, 0.1) is 0 Å². The molecular weight excluding hydrogens is 206 g/mol. The zero-order valence-electron chi connectivity index (χ0n) is 8.85. The van der Waals surface area contributed by atoms with E-state index in [0.717, 1.165) is 0 Å². The highest BCUT2D eigenvalue weighted by molar-refractivity contribution is 7.16. The molecule has 0 saturated carbocycles. The summed E-state index contributed by atoms with van der Waals surface area (Å²) in [7, 11) is 0. The van der Waals surface area contributed by atoms with E-state index in [0.29, 0.717) is 0 Å². The van der Waals surface area contributed by atoms with E-state index in [-0.39, 0.29) is 6.61 Å². The molecule has 0 amide bonds. The maximum absolute atomic E-state index is 8.69. The maximum Gasteiger partial charge on any atom is 0.0914 e. The normalized spacial score (nSPS) is 17.5. The Hall–Kier alpha value is -0.800. The molecule has 1 aromatic heterocycles. The number of aliphatic hydroxyl groups excluding tert-OH is 1. The quantitative estimate of drug-likeness (QED) is 0.851. The van der Waals surface area contributed by atoms with Gasteiger partial charge < -0.3 is 10.0 Å². The fraction of sp³-hybridized carbons (Fsp3) is 0.500. The van der Waals surface area contributed by atoms with Gasteiger partial charge in [0.2, 0.25) is 0 Å². The molecule has 2 nitrogen and oxygen atoms in total. The fourth-order valence-corrected chi connectivity index (χ4v) is 2.87. The zero-order valence-corrected chi connectivity index (χ0v) is 9.67. The minimum Gasteiger partial charge on any atom is -0.392 e. The van der Waals surface area contributed by atoms with Crippen molar-refractivity contribution in [2.24, 2.45) is 0 Å². The molecule has 1 aliphatic heterocycles. The first-order valence-corrected chi connectivity index (χ1v) is 6.34. The van der Waals surface area contributed by atoms with E-state index in [1.54, 1.807) is 6.08 Å². The van der Waals surface area contributed by atoms with E-state index in [4.69, 9.17) is 5.11 Å². The van der Waals surface area contributed by atoms with Gasteiger partial charge in [-0.25, -0.2) is 0 Å². The molecule has 2 rings (SSSR count). The number of rotatable bonds is 3. The maximum atomic E-state index is 8.69. The number of nitrogens with zero attached hydrogens (tertiary/aromatic N) is 1. The molecule has 0 unspecified atom stereocenters. The molecule has 0 aromatic carbocycles.